The topological polar surface area (TPSA) is 107 Å². The molecule has 9 heteroatoms. The molecule has 0 amide bonds. The van der Waals surface area contributed by atoms with E-state index in [0.717, 1.165) is 0 Å². The molecule has 0 spiro atoms. The van der Waals surface area contributed by atoms with Gasteiger partial charge in [-0.25, -0.2) is 9.97 Å². The third-order valence-corrected chi connectivity index (χ3v) is 1.88. The molecule has 0 fully saturated rings. The highest BCUT2D eigenvalue weighted by molar-refractivity contribution is 7.60. The normalized spacial score (nSPS) is 11.4. The summed E-state index contributed by atoms with van der Waals surface area (Å²) in [5.74, 6) is -0.0640. The minimum Gasteiger partial charge on any atom is -0.281 e. The van der Waals surface area contributed by atoms with Crippen molar-refractivity contribution in [3.8, 4) is 0 Å². The Hall–Kier alpha value is -0.390. The number of halogens is 2. The first-order valence-corrected chi connectivity index (χ1v) is 5.62. The Morgan fingerprint density at radius 1 is 1.31 bits per heavy atom. The maximum atomic E-state index is 10.9. The molecule has 1 aromatic heterocycles. The summed E-state index contributed by atoms with van der Waals surface area (Å²) in [7, 11) is -3.42. The summed E-state index contributed by atoms with van der Waals surface area (Å²) in [6, 6.07) is 1.33. The number of hydrogen-bond donors (Lipinski definition) is 3. The van der Waals surface area contributed by atoms with Gasteiger partial charge in [0.1, 0.15) is 10.3 Å². The quantitative estimate of drug-likeness (QED) is 0.531. The van der Waals surface area contributed by atoms with E-state index >= 15 is 0 Å². The molecule has 1 rings (SSSR count). The van der Waals surface area contributed by atoms with Crippen LogP contribution in [0.2, 0.25) is 10.3 Å². The Morgan fingerprint density at radius 3 is 2.15 bits per heavy atom. The number of aromatic nitrogens is 2. The van der Waals surface area contributed by atoms with Gasteiger partial charge in [0, 0.05) is 6.07 Å². The highest BCUT2D eigenvalue weighted by Crippen LogP contribution is 2.26. The SMILES string of the molecule is NP(N)(=O)Nc1nc(Cl)cc(Cl)n1. The molecule has 1 heterocycles. The van der Waals surface area contributed by atoms with Crippen molar-refractivity contribution >= 4 is 36.7 Å². The van der Waals surface area contributed by atoms with E-state index in [4.69, 9.17) is 34.2 Å². The van der Waals surface area contributed by atoms with Crippen LogP contribution in [0.15, 0.2) is 6.07 Å². The largest absolute Gasteiger partial charge is 0.300 e. The maximum Gasteiger partial charge on any atom is 0.300 e. The lowest BCUT2D eigenvalue weighted by atomic mass is 10.7. The number of nitrogens with zero attached hydrogens (tertiary/aromatic N) is 2. The van der Waals surface area contributed by atoms with Crippen molar-refractivity contribution in [1.82, 2.24) is 9.97 Å². The molecule has 0 bridgehead atoms. The van der Waals surface area contributed by atoms with Crippen LogP contribution in [0.25, 0.3) is 0 Å². The summed E-state index contributed by atoms with van der Waals surface area (Å²) >= 11 is 11.1. The zero-order valence-electron chi connectivity index (χ0n) is 6.24. The number of nitrogens with one attached hydrogen (secondary N) is 1. The van der Waals surface area contributed by atoms with E-state index in [1.165, 1.54) is 6.07 Å². The molecule has 1 aromatic rings. The minimum absolute atomic E-state index is 0.0640. The second kappa shape index (κ2) is 3.77. The fourth-order valence-corrected chi connectivity index (χ4v) is 1.43. The summed E-state index contributed by atoms with van der Waals surface area (Å²) in [5, 5.41) is 2.40. The van der Waals surface area contributed by atoms with E-state index in [2.05, 4.69) is 15.1 Å². The number of hydrogen-bond acceptors (Lipinski definition) is 3. The van der Waals surface area contributed by atoms with E-state index < -0.39 is 7.59 Å². The lowest BCUT2D eigenvalue weighted by Gasteiger charge is -2.08. The number of rotatable bonds is 2. The average Bonchev–Trinajstić information content (AvgIpc) is 1.78. The maximum absolute atomic E-state index is 10.9. The Bertz CT molecular complexity index is 345. The highest BCUT2D eigenvalue weighted by Gasteiger charge is 2.10. The predicted octanol–water partition coefficient (Wildman–Crippen LogP) is 1.22. The number of anilines is 1. The van der Waals surface area contributed by atoms with Crippen molar-refractivity contribution < 1.29 is 4.57 Å². The summed E-state index contributed by atoms with van der Waals surface area (Å²) in [6.45, 7) is 0. The monoisotopic (exact) mass is 241 g/mol. The lowest BCUT2D eigenvalue weighted by Crippen LogP contribution is -2.14. The molecule has 0 aliphatic carbocycles. The Kier molecular flexibility index (Phi) is 3.10. The molecule has 0 saturated carbocycles. The minimum atomic E-state index is -3.42. The van der Waals surface area contributed by atoms with Crippen molar-refractivity contribution in [2.24, 2.45) is 11.0 Å². The molecule has 5 N–H and O–H groups in total. The predicted molar refractivity (Wildman–Crippen MR) is 51.7 cm³/mol. The first-order valence-electron chi connectivity index (χ1n) is 3.02. The molecule has 0 aliphatic rings. The van der Waals surface area contributed by atoms with Crippen molar-refractivity contribution in [2.45, 2.75) is 0 Å². The van der Waals surface area contributed by atoms with E-state index in [0.29, 0.717) is 0 Å². The summed E-state index contributed by atoms with van der Waals surface area (Å²) < 4.78 is 10.9. The van der Waals surface area contributed by atoms with E-state index in [9.17, 15) is 4.57 Å². The molecule has 0 aromatic carbocycles. The fourth-order valence-electron chi connectivity index (χ4n) is 0.596. The second-order valence-corrected chi connectivity index (χ2v) is 4.58. The van der Waals surface area contributed by atoms with Gasteiger partial charge in [-0.1, -0.05) is 23.2 Å². The van der Waals surface area contributed by atoms with Crippen molar-refractivity contribution in [2.75, 3.05) is 5.09 Å². The Balaban J connectivity index is 2.96. The van der Waals surface area contributed by atoms with Crippen molar-refractivity contribution in [3.63, 3.8) is 0 Å². The summed E-state index contributed by atoms with van der Waals surface area (Å²) in [6.07, 6.45) is 0. The van der Waals surface area contributed by atoms with Crippen LogP contribution in [0.4, 0.5) is 5.95 Å². The van der Waals surface area contributed by atoms with Crippen molar-refractivity contribution in [3.05, 3.63) is 16.4 Å². The highest BCUT2D eigenvalue weighted by atomic mass is 35.5. The molecule has 0 aliphatic heterocycles. The molecule has 13 heavy (non-hydrogen) atoms. The van der Waals surface area contributed by atoms with Crippen LogP contribution in [-0.4, -0.2) is 9.97 Å². The second-order valence-electron chi connectivity index (χ2n) is 2.16. The van der Waals surface area contributed by atoms with Crippen molar-refractivity contribution in [1.29, 1.82) is 0 Å². The fraction of sp³-hybridized carbons (Fsp3) is 0. The Labute approximate surface area is 84.2 Å². The van der Waals surface area contributed by atoms with Gasteiger partial charge in [-0.15, -0.1) is 0 Å². The zero-order chi connectivity index (χ0) is 10.1. The molecule has 72 valence electrons. The summed E-state index contributed by atoms with van der Waals surface area (Å²) in [4.78, 5) is 7.29. The molecular weight excluding hydrogens is 236 g/mol. The lowest BCUT2D eigenvalue weighted by molar-refractivity contribution is 0.580. The van der Waals surface area contributed by atoms with Crippen LogP contribution in [0.3, 0.4) is 0 Å². The number of nitrogens with two attached hydrogens (primary N) is 2. The van der Waals surface area contributed by atoms with Gasteiger partial charge >= 0.3 is 0 Å². The van der Waals surface area contributed by atoms with Crippen LogP contribution in [0, 0.1) is 0 Å². The van der Waals surface area contributed by atoms with Gasteiger partial charge in [0.2, 0.25) is 5.95 Å². The summed E-state index contributed by atoms with van der Waals surface area (Å²) in [5.41, 5.74) is 10.0. The van der Waals surface area contributed by atoms with E-state index in [1.807, 2.05) is 0 Å². The smallest absolute Gasteiger partial charge is 0.281 e. The van der Waals surface area contributed by atoms with Crippen LogP contribution < -0.4 is 16.1 Å². The van der Waals surface area contributed by atoms with Gasteiger partial charge in [0.25, 0.3) is 7.59 Å². The van der Waals surface area contributed by atoms with E-state index in [-0.39, 0.29) is 16.3 Å². The molecule has 0 saturated heterocycles. The molecule has 6 nitrogen and oxygen atoms in total. The van der Waals surface area contributed by atoms with Gasteiger partial charge in [0.15, 0.2) is 0 Å². The molecule has 0 radical (unpaired) electrons. The van der Waals surface area contributed by atoms with Gasteiger partial charge in [-0.3, -0.25) is 20.7 Å². The van der Waals surface area contributed by atoms with Crippen LogP contribution in [-0.2, 0) is 4.57 Å². The molecule has 0 unspecified atom stereocenters. The van der Waals surface area contributed by atoms with Crippen LogP contribution in [0.1, 0.15) is 0 Å². The average molecular weight is 242 g/mol. The van der Waals surface area contributed by atoms with Crippen LogP contribution >= 0.6 is 30.8 Å². The molecular formula is C4H6Cl2N5OP. The Morgan fingerprint density at radius 2 is 1.77 bits per heavy atom. The van der Waals surface area contributed by atoms with Crippen LogP contribution in [0.5, 0.6) is 0 Å². The van der Waals surface area contributed by atoms with Gasteiger partial charge < -0.3 is 0 Å². The molecule has 0 atom stereocenters. The third kappa shape index (κ3) is 3.89. The van der Waals surface area contributed by atoms with Gasteiger partial charge in [0.05, 0.1) is 0 Å². The third-order valence-electron chi connectivity index (χ3n) is 0.938. The first kappa shape index (κ1) is 10.7. The van der Waals surface area contributed by atoms with Gasteiger partial charge in [-0.05, 0) is 0 Å². The zero-order valence-corrected chi connectivity index (χ0v) is 8.64. The standard InChI is InChI=1S/C4H6Cl2N5OP/c5-2-1-3(6)10-4(9-2)11-13(7,8)12/h1H,(H5,7,8,9,10,11,12). The van der Waals surface area contributed by atoms with E-state index in [1.54, 1.807) is 0 Å². The first-order chi connectivity index (χ1) is 5.87. The van der Waals surface area contributed by atoms with Gasteiger partial charge in [-0.2, -0.15) is 0 Å².